The van der Waals surface area contributed by atoms with Crippen molar-refractivity contribution >= 4 is 5.69 Å². The quantitative estimate of drug-likeness (QED) is 0.865. The molecule has 1 aliphatic heterocycles. The highest BCUT2D eigenvalue weighted by Crippen LogP contribution is 2.52. The van der Waals surface area contributed by atoms with Gasteiger partial charge >= 0.3 is 0 Å². The third-order valence-corrected chi connectivity index (χ3v) is 5.92. The average molecular weight is 321 g/mol. The van der Waals surface area contributed by atoms with Crippen LogP contribution in [0.5, 0.6) is 0 Å². The molecule has 2 atom stereocenters. The molecule has 0 radical (unpaired) electrons. The molecule has 0 aromatic carbocycles. The van der Waals surface area contributed by atoms with Crippen LogP contribution in [-0.4, -0.2) is 28.3 Å². The van der Waals surface area contributed by atoms with Crippen LogP contribution in [0.2, 0.25) is 0 Å². The zero-order chi connectivity index (χ0) is 16.1. The molecule has 1 saturated heterocycles. The van der Waals surface area contributed by atoms with Gasteiger partial charge in [-0.15, -0.1) is 10.2 Å². The monoisotopic (exact) mass is 321 g/mol. The van der Waals surface area contributed by atoms with Crippen molar-refractivity contribution in [2.24, 2.45) is 5.92 Å². The minimum atomic E-state index is -0.0455. The first-order chi connectivity index (χ1) is 11.8. The van der Waals surface area contributed by atoms with Crippen LogP contribution in [0.15, 0.2) is 22.9 Å². The molecule has 2 saturated carbocycles. The number of hydrogen-bond donors (Lipinski definition) is 0. The van der Waals surface area contributed by atoms with E-state index in [0.717, 1.165) is 37.0 Å². The summed E-state index contributed by atoms with van der Waals surface area (Å²) >= 11 is 0. The highest BCUT2D eigenvalue weighted by Gasteiger charge is 2.54. The summed E-state index contributed by atoms with van der Waals surface area (Å²) in [5, 5.41) is 18.1. The Morgan fingerprint density at radius 3 is 3.04 bits per heavy atom. The first kappa shape index (κ1) is 14.0. The fraction of sp³-hybridized carbons (Fsp3) is 0.556. The van der Waals surface area contributed by atoms with Gasteiger partial charge in [0.25, 0.3) is 0 Å². The lowest BCUT2D eigenvalue weighted by Crippen LogP contribution is -2.32. The van der Waals surface area contributed by atoms with Gasteiger partial charge < -0.3 is 9.32 Å². The molecule has 0 bridgehead atoms. The molecule has 0 spiro atoms. The summed E-state index contributed by atoms with van der Waals surface area (Å²) < 4.78 is 6.11. The van der Waals surface area contributed by atoms with Crippen LogP contribution < -0.4 is 4.90 Å². The summed E-state index contributed by atoms with van der Waals surface area (Å²) in [7, 11) is 0. The lowest BCUT2D eigenvalue weighted by atomic mass is 9.80. The fourth-order valence-corrected chi connectivity index (χ4v) is 4.50. The van der Waals surface area contributed by atoms with E-state index in [1.807, 2.05) is 6.07 Å². The van der Waals surface area contributed by atoms with Gasteiger partial charge in [-0.05, 0) is 37.7 Å². The number of anilines is 1. The molecule has 2 aromatic rings. The molecule has 3 heterocycles. The number of pyridine rings is 1. The molecular formula is C18H19N5O. The van der Waals surface area contributed by atoms with E-state index in [1.54, 1.807) is 12.4 Å². The Kier molecular flexibility index (Phi) is 2.93. The standard InChI is InChI=1S/C18H19N5O/c19-8-13-9-20-7-5-15(13)23-10-14-2-1-6-18(14,11-23)17-22-21-16(24-17)12-3-4-12/h5,7,9,12,14H,1-4,6,10-11H2/t14-,18-/m0/s1. The Hall–Kier alpha value is -2.42. The first-order valence-corrected chi connectivity index (χ1v) is 8.73. The number of rotatable bonds is 3. The molecule has 122 valence electrons. The average Bonchev–Trinajstić information content (AvgIpc) is 3.05. The molecular weight excluding hydrogens is 302 g/mol. The van der Waals surface area contributed by atoms with Gasteiger partial charge in [0, 0.05) is 31.4 Å². The summed E-state index contributed by atoms with van der Waals surface area (Å²) in [6, 6.07) is 4.20. The van der Waals surface area contributed by atoms with Crippen LogP contribution in [0.4, 0.5) is 5.69 Å². The van der Waals surface area contributed by atoms with E-state index >= 15 is 0 Å². The van der Waals surface area contributed by atoms with E-state index in [4.69, 9.17) is 4.42 Å². The molecule has 2 aromatic heterocycles. The second-order valence-corrected chi connectivity index (χ2v) is 7.35. The Labute approximate surface area is 140 Å². The van der Waals surface area contributed by atoms with Crippen LogP contribution >= 0.6 is 0 Å². The number of nitrogens with zero attached hydrogens (tertiary/aromatic N) is 5. The molecule has 6 nitrogen and oxygen atoms in total. The minimum absolute atomic E-state index is 0.0455. The molecule has 6 heteroatoms. The van der Waals surface area contributed by atoms with Crippen molar-refractivity contribution < 1.29 is 4.42 Å². The van der Waals surface area contributed by atoms with Gasteiger partial charge in [0.15, 0.2) is 0 Å². The molecule has 2 aliphatic carbocycles. The Bertz CT molecular complexity index is 821. The molecule has 0 amide bonds. The van der Waals surface area contributed by atoms with Gasteiger partial charge in [0.1, 0.15) is 6.07 Å². The maximum absolute atomic E-state index is 9.38. The van der Waals surface area contributed by atoms with Gasteiger partial charge in [0.05, 0.1) is 16.7 Å². The molecule has 24 heavy (non-hydrogen) atoms. The summed E-state index contributed by atoms with van der Waals surface area (Å²) in [5.74, 6) is 2.65. The highest BCUT2D eigenvalue weighted by molar-refractivity contribution is 5.59. The fourth-order valence-electron chi connectivity index (χ4n) is 4.50. The molecule has 0 unspecified atom stereocenters. The van der Waals surface area contributed by atoms with Gasteiger partial charge in [-0.1, -0.05) is 6.42 Å². The topological polar surface area (TPSA) is 78.8 Å². The van der Waals surface area contributed by atoms with Crippen molar-refractivity contribution in [1.82, 2.24) is 15.2 Å². The largest absolute Gasteiger partial charge is 0.424 e. The van der Waals surface area contributed by atoms with Gasteiger partial charge in [0.2, 0.25) is 11.8 Å². The number of aromatic nitrogens is 3. The first-order valence-electron chi connectivity index (χ1n) is 8.73. The predicted octanol–water partition coefficient (Wildman–Crippen LogP) is 2.77. The van der Waals surface area contributed by atoms with E-state index in [1.165, 1.54) is 25.7 Å². The van der Waals surface area contributed by atoms with Crippen LogP contribution in [0.3, 0.4) is 0 Å². The number of fused-ring (bicyclic) bond motifs is 1. The third kappa shape index (κ3) is 1.97. The van der Waals surface area contributed by atoms with E-state index in [0.29, 0.717) is 17.4 Å². The van der Waals surface area contributed by atoms with E-state index in [9.17, 15) is 5.26 Å². The van der Waals surface area contributed by atoms with Crippen molar-refractivity contribution in [3.05, 3.63) is 35.8 Å². The van der Waals surface area contributed by atoms with E-state index < -0.39 is 0 Å². The molecule has 3 fully saturated rings. The van der Waals surface area contributed by atoms with E-state index in [2.05, 4.69) is 26.2 Å². The Balaban J connectivity index is 1.50. The normalized spacial score (nSPS) is 28.8. The van der Waals surface area contributed by atoms with Gasteiger partial charge in [-0.2, -0.15) is 5.26 Å². The number of nitriles is 1. The van der Waals surface area contributed by atoms with E-state index in [-0.39, 0.29) is 5.41 Å². The molecule has 3 aliphatic rings. The van der Waals surface area contributed by atoms with Crippen LogP contribution in [0, 0.1) is 17.2 Å². The molecule has 5 rings (SSSR count). The zero-order valence-electron chi connectivity index (χ0n) is 13.5. The lowest BCUT2D eigenvalue weighted by molar-refractivity contribution is 0.296. The highest BCUT2D eigenvalue weighted by atomic mass is 16.4. The maximum Gasteiger partial charge on any atom is 0.224 e. The zero-order valence-corrected chi connectivity index (χ0v) is 13.5. The second-order valence-electron chi connectivity index (χ2n) is 7.35. The van der Waals surface area contributed by atoms with Gasteiger partial charge in [-0.25, -0.2) is 0 Å². The summed E-state index contributed by atoms with van der Waals surface area (Å²) in [6.07, 6.45) is 9.24. The lowest BCUT2D eigenvalue weighted by Gasteiger charge is -2.25. The predicted molar refractivity (Wildman–Crippen MR) is 86.5 cm³/mol. The minimum Gasteiger partial charge on any atom is -0.424 e. The Morgan fingerprint density at radius 2 is 2.21 bits per heavy atom. The smallest absolute Gasteiger partial charge is 0.224 e. The molecule has 0 N–H and O–H groups in total. The summed E-state index contributed by atoms with van der Waals surface area (Å²) in [5.41, 5.74) is 1.57. The Morgan fingerprint density at radius 1 is 1.29 bits per heavy atom. The summed E-state index contributed by atoms with van der Waals surface area (Å²) in [6.45, 7) is 1.79. The van der Waals surface area contributed by atoms with Crippen molar-refractivity contribution in [3.8, 4) is 6.07 Å². The summed E-state index contributed by atoms with van der Waals surface area (Å²) in [4.78, 5) is 6.39. The number of hydrogen-bond acceptors (Lipinski definition) is 6. The SMILES string of the molecule is N#Cc1cnccc1N1C[C@@H]2CCC[C@]2(c2nnc(C3CC3)o2)C1. The van der Waals surface area contributed by atoms with Crippen molar-refractivity contribution in [1.29, 1.82) is 5.26 Å². The van der Waals surface area contributed by atoms with Crippen LogP contribution in [-0.2, 0) is 5.41 Å². The van der Waals surface area contributed by atoms with Crippen molar-refractivity contribution in [3.63, 3.8) is 0 Å². The van der Waals surface area contributed by atoms with Gasteiger partial charge in [-0.3, -0.25) is 4.98 Å². The van der Waals surface area contributed by atoms with Crippen molar-refractivity contribution in [2.75, 3.05) is 18.0 Å². The van der Waals surface area contributed by atoms with Crippen LogP contribution in [0.25, 0.3) is 0 Å². The van der Waals surface area contributed by atoms with Crippen LogP contribution in [0.1, 0.15) is 55.4 Å². The van der Waals surface area contributed by atoms with Crippen molar-refractivity contribution in [2.45, 2.75) is 43.4 Å². The second kappa shape index (κ2) is 5.04. The third-order valence-electron chi connectivity index (χ3n) is 5.92. The maximum atomic E-state index is 9.38.